The zero-order valence-corrected chi connectivity index (χ0v) is 18.9. The fourth-order valence-corrected chi connectivity index (χ4v) is 5.45. The van der Waals surface area contributed by atoms with E-state index in [-0.39, 0.29) is 25.7 Å². The fraction of sp³-hybridized carbons (Fsp3) is 0.533. The van der Waals surface area contributed by atoms with Gasteiger partial charge in [0.1, 0.15) is 5.75 Å². The molecule has 28 heavy (non-hydrogen) atoms. The Balaban J connectivity index is 3.57. The Morgan fingerprint density at radius 1 is 1.14 bits per heavy atom. The van der Waals surface area contributed by atoms with Crippen LogP contribution < -0.4 is 13.8 Å². The Morgan fingerprint density at radius 3 is 2.14 bits per heavy atom. The molecule has 0 heterocycles. The standard InChI is InChI=1S/C15H25ClN4O6S2/c1-18(2)8-7-17-15(21)11-9-13(12(16)10-14(11)26-5)20(27(6,22)23)28(24,25)19(3)4/h9-10H,7-8H2,1-6H3,(H,17,21). The number of carbonyl (C=O) groups excluding carboxylic acids is 1. The molecule has 0 aliphatic carbocycles. The lowest BCUT2D eigenvalue weighted by Crippen LogP contribution is -2.43. The maximum atomic E-state index is 12.6. The van der Waals surface area contributed by atoms with Gasteiger partial charge in [0, 0.05) is 33.3 Å². The molecule has 0 radical (unpaired) electrons. The molecule has 1 amide bonds. The van der Waals surface area contributed by atoms with Crippen LogP contribution in [-0.2, 0) is 20.2 Å². The Labute approximate surface area is 171 Å². The van der Waals surface area contributed by atoms with Crippen molar-refractivity contribution in [3.05, 3.63) is 22.7 Å². The van der Waals surface area contributed by atoms with Crippen LogP contribution in [0.15, 0.2) is 12.1 Å². The van der Waals surface area contributed by atoms with Crippen LogP contribution in [-0.4, -0.2) is 86.6 Å². The summed E-state index contributed by atoms with van der Waals surface area (Å²) in [6.07, 6.45) is 0.728. The number of amides is 1. The molecule has 1 rings (SSSR count). The zero-order valence-electron chi connectivity index (χ0n) is 16.6. The summed E-state index contributed by atoms with van der Waals surface area (Å²) in [7, 11) is -1.39. The average molecular weight is 457 g/mol. The van der Waals surface area contributed by atoms with Crippen LogP contribution in [0.25, 0.3) is 0 Å². The quantitative estimate of drug-likeness (QED) is 0.564. The normalized spacial score (nSPS) is 12.3. The molecule has 0 aliphatic rings. The number of anilines is 1. The van der Waals surface area contributed by atoms with Gasteiger partial charge in [-0.2, -0.15) is 12.7 Å². The van der Waals surface area contributed by atoms with Gasteiger partial charge in [-0.3, -0.25) is 4.79 Å². The number of rotatable bonds is 9. The highest BCUT2D eigenvalue weighted by Crippen LogP contribution is 2.36. The summed E-state index contributed by atoms with van der Waals surface area (Å²) >= 11 is 6.13. The van der Waals surface area contributed by atoms with Crippen LogP contribution in [0.1, 0.15) is 10.4 Å². The third kappa shape index (κ3) is 5.70. The van der Waals surface area contributed by atoms with Gasteiger partial charge in [-0.15, -0.1) is 3.71 Å². The van der Waals surface area contributed by atoms with Crippen LogP contribution in [0, 0.1) is 0 Å². The Bertz CT molecular complexity index is 932. The largest absolute Gasteiger partial charge is 0.496 e. The van der Waals surface area contributed by atoms with Crippen molar-refractivity contribution in [1.29, 1.82) is 0 Å². The molecule has 0 saturated carbocycles. The molecule has 160 valence electrons. The van der Waals surface area contributed by atoms with Crippen molar-refractivity contribution in [2.24, 2.45) is 0 Å². The minimum absolute atomic E-state index is 0.0525. The number of nitrogens with zero attached hydrogens (tertiary/aromatic N) is 3. The lowest BCUT2D eigenvalue weighted by Gasteiger charge is -2.26. The van der Waals surface area contributed by atoms with Crippen LogP contribution >= 0.6 is 11.6 Å². The summed E-state index contributed by atoms with van der Waals surface area (Å²) in [5.74, 6) is -0.487. The van der Waals surface area contributed by atoms with Gasteiger partial charge in [0.25, 0.3) is 5.91 Å². The highest BCUT2D eigenvalue weighted by Gasteiger charge is 2.35. The van der Waals surface area contributed by atoms with E-state index >= 15 is 0 Å². The number of nitrogens with one attached hydrogen (secondary N) is 1. The Morgan fingerprint density at radius 2 is 1.71 bits per heavy atom. The molecule has 1 aromatic rings. The van der Waals surface area contributed by atoms with Gasteiger partial charge in [-0.05, 0) is 20.2 Å². The number of methoxy groups -OCH3 is 1. The van der Waals surface area contributed by atoms with Gasteiger partial charge in [-0.25, -0.2) is 8.42 Å². The van der Waals surface area contributed by atoms with Crippen molar-refractivity contribution in [2.45, 2.75) is 0 Å². The molecule has 0 bridgehead atoms. The van der Waals surface area contributed by atoms with Gasteiger partial charge in [0.2, 0.25) is 10.0 Å². The number of hydrogen-bond donors (Lipinski definition) is 1. The second-order valence-corrected chi connectivity index (χ2v) is 10.8. The number of carbonyl (C=O) groups is 1. The average Bonchev–Trinajstić information content (AvgIpc) is 2.54. The van der Waals surface area contributed by atoms with E-state index in [9.17, 15) is 21.6 Å². The monoisotopic (exact) mass is 456 g/mol. The molecular weight excluding hydrogens is 432 g/mol. The predicted octanol–water partition coefficient (Wildman–Crippen LogP) is 0.212. The molecule has 1 aromatic carbocycles. The van der Waals surface area contributed by atoms with Crippen LogP contribution in [0.5, 0.6) is 5.75 Å². The second-order valence-electron chi connectivity index (χ2n) is 6.31. The van der Waals surface area contributed by atoms with Crippen LogP contribution in [0.3, 0.4) is 0 Å². The number of hydrogen-bond acceptors (Lipinski definition) is 7. The minimum atomic E-state index is -4.45. The summed E-state index contributed by atoms with van der Waals surface area (Å²) < 4.78 is 55.7. The van der Waals surface area contributed by atoms with E-state index in [1.54, 1.807) is 0 Å². The summed E-state index contributed by atoms with van der Waals surface area (Å²) in [4.78, 5) is 14.4. The van der Waals surface area contributed by atoms with E-state index < -0.39 is 26.1 Å². The Kier molecular flexibility index (Phi) is 8.09. The first-order valence-electron chi connectivity index (χ1n) is 7.97. The van der Waals surface area contributed by atoms with Gasteiger partial charge in [-0.1, -0.05) is 11.6 Å². The van der Waals surface area contributed by atoms with Crippen LogP contribution in [0.4, 0.5) is 5.69 Å². The number of ether oxygens (including phenoxy) is 1. The number of benzene rings is 1. The van der Waals surface area contributed by atoms with Crippen molar-refractivity contribution in [3.63, 3.8) is 0 Å². The summed E-state index contributed by atoms with van der Waals surface area (Å²) in [5, 5.41) is 2.45. The molecule has 0 atom stereocenters. The van der Waals surface area contributed by atoms with Crippen LogP contribution in [0.2, 0.25) is 5.02 Å². The summed E-state index contributed by atoms with van der Waals surface area (Å²) in [6, 6.07) is 2.27. The van der Waals surface area contributed by atoms with E-state index in [0.717, 1.165) is 16.6 Å². The van der Waals surface area contributed by atoms with Crippen molar-refractivity contribution >= 4 is 43.4 Å². The lowest BCUT2D eigenvalue weighted by atomic mass is 10.1. The van der Waals surface area contributed by atoms with Crippen molar-refractivity contribution < 1.29 is 26.4 Å². The molecule has 0 aromatic heterocycles. The smallest absolute Gasteiger partial charge is 0.316 e. The topological polar surface area (TPSA) is 116 Å². The first kappa shape index (κ1) is 24.4. The van der Waals surface area contributed by atoms with E-state index in [0.29, 0.717) is 13.1 Å². The molecule has 0 aliphatic heterocycles. The molecule has 13 heteroatoms. The number of likely N-dealkylation sites (N-methyl/N-ethyl adjacent to an activating group) is 1. The maximum absolute atomic E-state index is 12.6. The second kappa shape index (κ2) is 9.27. The SMILES string of the molecule is COc1cc(Cl)c(N(S(C)(=O)=O)S(=O)(=O)N(C)C)cc1C(=O)NCCN(C)C. The summed E-state index contributed by atoms with van der Waals surface area (Å²) in [5.41, 5.74) is -0.431. The van der Waals surface area contributed by atoms with Crippen molar-refractivity contribution in [1.82, 2.24) is 14.5 Å². The van der Waals surface area contributed by atoms with E-state index in [2.05, 4.69) is 5.32 Å². The number of sulfonamides is 1. The molecule has 0 spiro atoms. The lowest BCUT2D eigenvalue weighted by molar-refractivity contribution is 0.0948. The van der Waals surface area contributed by atoms with Gasteiger partial charge < -0.3 is 15.0 Å². The van der Waals surface area contributed by atoms with E-state index in [4.69, 9.17) is 16.3 Å². The van der Waals surface area contributed by atoms with E-state index in [1.807, 2.05) is 19.0 Å². The molecule has 1 N–H and O–H groups in total. The minimum Gasteiger partial charge on any atom is -0.496 e. The molecular formula is C15H25ClN4O6S2. The molecule has 0 unspecified atom stereocenters. The van der Waals surface area contributed by atoms with Crippen molar-refractivity contribution in [3.8, 4) is 5.75 Å². The van der Waals surface area contributed by atoms with Gasteiger partial charge >= 0.3 is 10.2 Å². The highest BCUT2D eigenvalue weighted by molar-refractivity contribution is 8.08. The third-order valence-electron chi connectivity index (χ3n) is 3.53. The van der Waals surface area contributed by atoms with Crippen molar-refractivity contribution in [2.75, 3.05) is 58.4 Å². The maximum Gasteiger partial charge on any atom is 0.316 e. The Hall–Kier alpha value is -1.60. The first-order chi connectivity index (χ1) is 12.7. The summed E-state index contributed by atoms with van der Waals surface area (Å²) in [6.45, 7) is 0.887. The molecule has 0 fully saturated rings. The van der Waals surface area contributed by atoms with Gasteiger partial charge in [0.15, 0.2) is 0 Å². The van der Waals surface area contributed by atoms with Gasteiger partial charge in [0.05, 0.1) is 29.6 Å². The predicted molar refractivity (Wildman–Crippen MR) is 109 cm³/mol. The third-order valence-corrected chi connectivity index (χ3v) is 7.55. The number of halogens is 1. The first-order valence-corrected chi connectivity index (χ1v) is 11.6. The van der Waals surface area contributed by atoms with E-state index in [1.165, 1.54) is 27.3 Å². The fourth-order valence-electron chi connectivity index (χ4n) is 2.14. The molecule has 0 saturated heterocycles. The molecule has 10 nitrogen and oxygen atoms in total. The highest BCUT2D eigenvalue weighted by atomic mass is 35.5. The zero-order chi connectivity index (χ0) is 21.9.